The summed E-state index contributed by atoms with van der Waals surface area (Å²) >= 11 is 1.82. The third-order valence-corrected chi connectivity index (χ3v) is 5.47. The number of hydrogen-bond acceptors (Lipinski definition) is 6. The molecule has 7 heteroatoms. The van der Waals surface area contributed by atoms with E-state index in [1.807, 2.05) is 66.4 Å². The highest BCUT2D eigenvalue weighted by molar-refractivity contribution is 7.99. The number of fused-ring (bicyclic) bond motifs is 1. The number of carbonyl (C=O) groups excluding carboxylic acids is 1. The number of carbonyl (C=O) groups is 1. The smallest absolute Gasteiger partial charge is 0.322 e. The molecular formula is C24H23N3O3S. The van der Waals surface area contributed by atoms with Crippen LogP contribution in [0.3, 0.4) is 0 Å². The van der Waals surface area contributed by atoms with Crippen LogP contribution in [-0.2, 0) is 11.2 Å². The van der Waals surface area contributed by atoms with Crippen molar-refractivity contribution in [3.8, 4) is 5.75 Å². The Kier molecular flexibility index (Phi) is 6.52. The lowest BCUT2D eigenvalue weighted by Gasteiger charge is -2.06. The third kappa shape index (κ3) is 5.86. The Morgan fingerprint density at radius 2 is 1.81 bits per heavy atom. The first-order chi connectivity index (χ1) is 15.0. The SMILES string of the molecule is CC(C)Sc1ccc(Cc2nnc(NC(=O)COc3ccc4ccccc4c3)o2)cc1. The van der Waals surface area contributed by atoms with Crippen LogP contribution in [0.1, 0.15) is 25.3 Å². The summed E-state index contributed by atoms with van der Waals surface area (Å²) in [4.78, 5) is 13.4. The molecule has 0 bridgehead atoms. The fourth-order valence-corrected chi connectivity index (χ4v) is 3.91. The minimum atomic E-state index is -0.363. The van der Waals surface area contributed by atoms with Crippen LogP contribution in [0, 0.1) is 0 Å². The molecule has 0 aliphatic carbocycles. The number of rotatable bonds is 8. The first-order valence-corrected chi connectivity index (χ1v) is 10.9. The van der Waals surface area contributed by atoms with Crippen molar-refractivity contribution < 1.29 is 13.9 Å². The number of aromatic nitrogens is 2. The van der Waals surface area contributed by atoms with E-state index in [9.17, 15) is 4.79 Å². The molecule has 4 aromatic rings. The van der Waals surface area contributed by atoms with E-state index in [4.69, 9.17) is 9.15 Å². The first-order valence-electron chi connectivity index (χ1n) is 10.0. The average Bonchev–Trinajstić information content (AvgIpc) is 3.19. The number of hydrogen-bond donors (Lipinski definition) is 1. The molecule has 1 amide bonds. The molecule has 0 atom stereocenters. The molecule has 1 N–H and O–H groups in total. The van der Waals surface area contributed by atoms with Gasteiger partial charge in [0.15, 0.2) is 6.61 Å². The molecule has 0 saturated heterocycles. The van der Waals surface area contributed by atoms with E-state index >= 15 is 0 Å². The van der Waals surface area contributed by atoms with Crippen molar-refractivity contribution in [1.29, 1.82) is 0 Å². The molecule has 0 radical (unpaired) electrons. The second-order valence-electron chi connectivity index (χ2n) is 7.33. The molecule has 0 unspecified atom stereocenters. The summed E-state index contributed by atoms with van der Waals surface area (Å²) in [5.74, 6) is 0.701. The average molecular weight is 434 g/mol. The van der Waals surface area contributed by atoms with Gasteiger partial charge in [-0.2, -0.15) is 0 Å². The Morgan fingerprint density at radius 1 is 1.03 bits per heavy atom. The first kappa shape index (κ1) is 20.9. The summed E-state index contributed by atoms with van der Waals surface area (Å²) < 4.78 is 11.1. The van der Waals surface area contributed by atoms with Crippen LogP contribution < -0.4 is 10.1 Å². The van der Waals surface area contributed by atoms with Crippen LogP contribution >= 0.6 is 11.8 Å². The van der Waals surface area contributed by atoms with Crippen LogP contribution in [0.5, 0.6) is 5.75 Å². The summed E-state index contributed by atoms with van der Waals surface area (Å²) in [5, 5.41) is 13.2. The van der Waals surface area contributed by atoms with Crippen molar-refractivity contribution in [2.75, 3.05) is 11.9 Å². The molecule has 4 rings (SSSR count). The van der Waals surface area contributed by atoms with Crippen LogP contribution in [-0.4, -0.2) is 28.0 Å². The number of benzene rings is 3. The van der Waals surface area contributed by atoms with Crippen LogP contribution in [0.25, 0.3) is 10.8 Å². The molecule has 6 nitrogen and oxygen atoms in total. The van der Waals surface area contributed by atoms with E-state index in [1.165, 1.54) is 4.90 Å². The third-order valence-electron chi connectivity index (χ3n) is 4.45. The Hall–Kier alpha value is -3.32. The Labute approximate surface area is 185 Å². The fourth-order valence-electron chi connectivity index (χ4n) is 3.07. The highest BCUT2D eigenvalue weighted by atomic mass is 32.2. The highest BCUT2D eigenvalue weighted by Gasteiger charge is 2.11. The summed E-state index contributed by atoms with van der Waals surface area (Å²) in [6, 6.07) is 22.0. The molecule has 0 fully saturated rings. The molecule has 0 aliphatic heterocycles. The van der Waals surface area contributed by atoms with Gasteiger partial charge in [0, 0.05) is 10.1 Å². The summed E-state index contributed by atoms with van der Waals surface area (Å²) in [6.07, 6.45) is 0.503. The minimum Gasteiger partial charge on any atom is -0.484 e. The largest absolute Gasteiger partial charge is 0.484 e. The van der Waals surface area contributed by atoms with Gasteiger partial charge < -0.3 is 9.15 Å². The van der Waals surface area contributed by atoms with Gasteiger partial charge in [-0.1, -0.05) is 61.4 Å². The van der Waals surface area contributed by atoms with Crippen molar-refractivity contribution in [1.82, 2.24) is 10.2 Å². The van der Waals surface area contributed by atoms with E-state index < -0.39 is 0 Å². The lowest BCUT2D eigenvalue weighted by molar-refractivity contribution is -0.118. The molecular weight excluding hydrogens is 410 g/mol. The molecule has 0 saturated carbocycles. The van der Waals surface area contributed by atoms with E-state index in [2.05, 4.69) is 41.5 Å². The van der Waals surface area contributed by atoms with Gasteiger partial charge in [0.05, 0.1) is 6.42 Å². The normalized spacial score (nSPS) is 11.1. The fraction of sp³-hybridized carbons (Fsp3) is 0.208. The van der Waals surface area contributed by atoms with Crippen molar-refractivity contribution in [2.24, 2.45) is 0 Å². The maximum absolute atomic E-state index is 12.2. The van der Waals surface area contributed by atoms with Crippen LogP contribution in [0.2, 0.25) is 0 Å². The zero-order valence-electron chi connectivity index (χ0n) is 17.4. The highest BCUT2D eigenvalue weighted by Crippen LogP contribution is 2.24. The number of nitrogens with zero attached hydrogens (tertiary/aromatic N) is 2. The molecule has 31 heavy (non-hydrogen) atoms. The van der Waals surface area contributed by atoms with Gasteiger partial charge in [0.2, 0.25) is 5.89 Å². The van der Waals surface area contributed by atoms with Gasteiger partial charge in [-0.3, -0.25) is 10.1 Å². The molecule has 0 spiro atoms. The van der Waals surface area contributed by atoms with Gasteiger partial charge in [0.25, 0.3) is 5.91 Å². The predicted octanol–water partition coefficient (Wildman–Crippen LogP) is 5.33. The zero-order chi connectivity index (χ0) is 21.6. The van der Waals surface area contributed by atoms with E-state index in [0.29, 0.717) is 23.3 Å². The number of ether oxygens (including phenoxy) is 1. The van der Waals surface area contributed by atoms with Crippen molar-refractivity contribution in [2.45, 2.75) is 30.4 Å². The zero-order valence-corrected chi connectivity index (χ0v) is 18.2. The van der Waals surface area contributed by atoms with Gasteiger partial charge in [-0.05, 0) is 40.6 Å². The summed E-state index contributed by atoms with van der Waals surface area (Å²) in [5.41, 5.74) is 1.06. The topological polar surface area (TPSA) is 77.2 Å². The van der Waals surface area contributed by atoms with E-state index in [-0.39, 0.29) is 18.5 Å². The monoisotopic (exact) mass is 433 g/mol. The number of nitrogens with one attached hydrogen (secondary N) is 1. The number of anilines is 1. The summed E-state index contributed by atoms with van der Waals surface area (Å²) in [7, 11) is 0. The predicted molar refractivity (Wildman–Crippen MR) is 123 cm³/mol. The molecule has 1 aromatic heterocycles. The summed E-state index contributed by atoms with van der Waals surface area (Å²) in [6.45, 7) is 4.18. The molecule has 158 valence electrons. The molecule has 0 aliphatic rings. The standard InChI is InChI=1S/C24H23N3O3S/c1-16(2)31-21-11-7-17(8-12-21)13-23-26-27-24(30-23)25-22(28)15-29-20-10-9-18-5-3-4-6-19(18)14-20/h3-12,14,16H,13,15H2,1-2H3,(H,25,27,28). The van der Waals surface area contributed by atoms with Crippen molar-refractivity contribution in [3.63, 3.8) is 0 Å². The second-order valence-corrected chi connectivity index (χ2v) is 8.98. The number of thioether (sulfide) groups is 1. The van der Waals surface area contributed by atoms with Gasteiger partial charge in [-0.25, -0.2) is 0 Å². The lowest BCUT2D eigenvalue weighted by Crippen LogP contribution is -2.20. The Morgan fingerprint density at radius 3 is 2.58 bits per heavy atom. The van der Waals surface area contributed by atoms with Gasteiger partial charge >= 0.3 is 6.01 Å². The maximum atomic E-state index is 12.2. The maximum Gasteiger partial charge on any atom is 0.322 e. The van der Waals surface area contributed by atoms with Crippen LogP contribution in [0.15, 0.2) is 76.0 Å². The molecule has 1 heterocycles. The minimum absolute atomic E-state index is 0.0640. The van der Waals surface area contributed by atoms with Crippen LogP contribution in [0.4, 0.5) is 6.01 Å². The lowest BCUT2D eigenvalue weighted by atomic mass is 10.1. The molecule has 3 aromatic carbocycles. The number of amides is 1. The second kappa shape index (κ2) is 9.66. The van der Waals surface area contributed by atoms with Crippen molar-refractivity contribution >= 4 is 34.5 Å². The van der Waals surface area contributed by atoms with Crippen molar-refractivity contribution in [3.05, 3.63) is 78.2 Å². The Balaban J connectivity index is 1.29. The van der Waals surface area contributed by atoms with E-state index in [1.54, 1.807) is 0 Å². The quantitative estimate of drug-likeness (QED) is 0.378. The van der Waals surface area contributed by atoms with E-state index in [0.717, 1.165) is 16.3 Å². The van der Waals surface area contributed by atoms with Gasteiger partial charge in [0.1, 0.15) is 5.75 Å². The Bertz CT molecular complexity index is 1170. The van der Waals surface area contributed by atoms with Gasteiger partial charge in [-0.15, -0.1) is 16.9 Å².